The molecule has 0 aliphatic heterocycles. The van der Waals surface area contributed by atoms with Crippen LogP contribution in [0.1, 0.15) is 136 Å². The molecule has 0 saturated heterocycles. The Morgan fingerprint density at radius 1 is 0.522 bits per heavy atom. The third kappa shape index (κ3) is 6.75. The molecule has 0 atom stereocenters. The summed E-state index contributed by atoms with van der Waals surface area (Å²) in [6, 6.07) is 22.3. The molecule has 0 fully saturated rings. The molecule has 1 aliphatic carbocycles. The number of aryl methyl sites for hydroxylation is 2. The normalized spacial score (nSPS) is 14.8. The Morgan fingerprint density at radius 3 is 1.17 bits per heavy atom. The fraction of sp³-hybridized carbons (Fsp3) is 0.429. The van der Waals surface area contributed by atoms with Crippen molar-refractivity contribution in [1.82, 2.24) is 0 Å². The number of aliphatic imine (C=N–C) groups is 2. The highest BCUT2D eigenvalue weighted by molar-refractivity contribution is 6.61. The van der Waals surface area contributed by atoms with E-state index >= 15 is 0 Å². The molecule has 46 heavy (non-hydrogen) atoms. The molecule has 242 valence electrons. The molecule has 4 nitrogen and oxygen atoms in total. The molecular weight excluding hydrogens is 564 g/mol. The van der Waals surface area contributed by atoms with E-state index in [9.17, 15) is 10.2 Å². The van der Waals surface area contributed by atoms with Gasteiger partial charge in [-0.3, -0.25) is 0 Å². The minimum atomic E-state index is 0.194. The SMILES string of the molecule is CC(C)c1cc(CCCO)cc(C(C)C)c1N=C1C(=Nc2c(C(C)C)cc(CCCO)cc2C(C)C)c2cccc3cccc1c23. The summed E-state index contributed by atoms with van der Waals surface area (Å²) in [6.45, 7) is 18.4. The summed E-state index contributed by atoms with van der Waals surface area (Å²) < 4.78 is 0. The Hall–Kier alpha value is -3.60. The van der Waals surface area contributed by atoms with E-state index in [0.717, 1.165) is 59.6 Å². The molecule has 4 heteroatoms. The second-order valence-electron chi connectivity index (χ2n) is 14.1. The van der Waals surface area contributed by atoms with Gasteiger partial charge in [-0.25, -0.2) is 9.98 Å². The first kappa shape index (κ1) is 33.8. The van der Waals surface area contributed by atoms with Gasteiger partial charge in [-0.2, -0.15) is 0 Å². The second kappa shape index (κ2) is 14.4. The van der Waals surface area contributed by atoms with Gasteiger partial charge in [-0.1, -0.05) is 116 Å². The van der Waals surface area contributed by atoms with E-state index in [1.807, 2.05) is 0 Å². The minimum absolute atomic E-state index is 0.194. The van der Waals surface area contributed by atoms with Crippen molar-refractivity contribution in [3.05, 3.63) is 105 Å². The van der Waals surface area contributed by atoms with Crippen molar-refractivity contribution in [2.75, 3.05) is 13.2 Å². The van der Waals surface area contributed by atoms with Crippen LogP contribution in [0.25, 0.3) is 10.8 Å². The van der Waals surface area contributed by atoms with Crippen molar-refractivity contribution < 1.29 is 10.2 Å². The Morgan fingerprint density at radius 2 is 0.870 bits per heavy atom. The van der Waals surface area contributed by atoms with Gasteiger partial charge in [-0.05, 0) is 88.1 Å². The zero-order chi connectivity index (χ0) is 33.1. The molecule has 0 amide bonds. The average Bonchev–Trinajstić information content (AvgIpc) is 3.32. The third-order valence-corrected chi connectivity index (χ3v) is 9.28. The van der Waals surface area contributed by atoms with Gasteiger partial charge in [0, 0.05) is 29.7 Å². The van der Waals surface area contributed by atoms with E-state index in [0.29, 0.717) is 0 Å². The number of hydrogen-bond donors (Lipinski definition) is 2. The number of rotatable bonds is 12. The van der Waals surface area contributed by atoms with Crippen molar-refractivity contribution in [2.45, 2.75) is 105 Å². The van der Waals surface area contributed by atoms with Gasteiger partial charge >= 0.3 is 0 Å². The lowest BCUT2D eigenvalue weighted by Crippen LogP contribution is -2.12. The number of benzene rings is 4. The van der Waals surface area contributed by atoms with Crippen LogP contribution >= 0.6 is 0 Å². The lowest BCUT2D eigenvalue weighted by molar-refractivity contribution is 0.288. The molecule has 0 bridgehead atoms. The van der Waals surface area contributed by atoms with Crippen molar-refractivity contribution in [1.29, 1.82) is 0 Å². The van der Waals surface area contributed by atoms with E-state index in [-0.39, 0.29) is 36.9 Å². The van der Waals surface area contributed by atoms with Crippen LogP contribution in [0.2, 0.25) is 0 Å². The van der Waals surface area contributed by atoms with E-state index in [1.165, 1.54) is 44.2 Å². The predicted molar refractivity (Wildman–Crippen MR) is 196 cm³/mol. The van der Waals surface area contributed by atoms with E-state index in [1.54, 1.807) is 0 Å². The largest absolute Gasteiger partial charge is 0.396 e. The summed E-state index contributed by atoms with van der Waals surface area (Å²) in [4.78, 5) is 11.3. The molecule has 4 aromatic carbocycles. The van der Waals surface area contributed by atoms with Crippen molar-refractivity contribution in [3.8, 4) is 0 Å². The molecule has 1 aliphatic rings. The molecule has 4 aromatic rings. The van der Waals surface area contributed by atoms with Gasteiger partial charge < -0.3 is 10.2 Å². The lowest BCUT2D eigenvalue weighted by atomic mass is 9.89. The zero-order valence-electron chi connectivity index (χ0n) is 29.1. The summed E-state index contributed by atoms with van der Waals surface area (Å²) in [6.07, 6.45) is 3.22. The highest BCUT2D eigenvalue weighted by Gasteiger charge is 2.29. The Labute approximate surface area is 276 Å². The summed E-state index contributed by atoms with van der Waals surface area (Å²) in [7, 11) is 0. The highest BCUT2D eigenvalue weighted by Crippen LogP contribution is 2.42. The zero-order valence-corrected chi connectivity index (χ0v) is 29.1. The van der Waals surface area contributed by atoms with Gasteiger partial charge in [0.05, 0.1) is 22.8 Å². The summed E-state index contributed by atoms with van der Waals surface area (Å²) >= 11 is 0. The van der Waals surface area contributed by atoms with Crippen molar-refractivity contribution in [2.24, 2.45) is 9.98 Å². The van der Waals surface area contributed by atoms with Crippen LogP contribution in [0.4, 0.5) is 11.4 Å². The monoisotopic (exact) mass is 616 g/mol. The fourth-order valence-electron chi connectivity index (χ4n) is 6.80. The number of hydrogen-bond acceptors (Lipinski definition) is 4. The van der Waals surface area contributed by atoms with Crippen LogP contribution in [0.5, 0.6) is 0 Å². The molecule has 0 saturated carbocycles. The number of aliphatic hydroxyl groups is 2. The molecule has 0 spiro atoms. The van der Waals surface area contributed by atoms with Gasteiger partial charge in [0.15, 0.2) is 0 Å². The molecular formula is C42H52N2O2. The first-order valence-corrected chi connectivity index (χ1v) is 17.3. The van der Waals surface area contributed by atoms with Crippen LogP contribution in [-0.2, 0) is 12.8 Å². The lowest BCUT2D eigenvalue weighted by Gasteiger charge is -2.21. The number of nitrogens with zero attached hydrogens (tertiary/aromatic N) is 2. The standard InChI is InChI=1S/C42H52N2O2/c1-25(2)34-21-29(13-11-19-45)22-35(26(3)4)39(34)43-41-32-17-9-15-31-16-10-18-33(38(31)32)42(41)44-40-36(27(5)6)23-30(14-12-20-46)24-37(40)28(7)8/h9-10,15-18,21-28,45-46H,11-14,19-20H2,1-8H3. The van der Waals surface area contributed by atoms with E-state index in [4.69, 9.17) is 9.98 Å². The highest BCUT2D eigenvalue weighted by atomic mass is 16.3. The molecule has 5 rings (SSSR count). The van der Waals surface area contributed by atoms with Crippen LogP contribution < -0.4 is 0 Å². The Bertz CT molecular complexity index is 1590. The molecule has 0 heterocycles. The molecule has 0 aromatic heterocycles. The van der Waals surface area contributed by atoms with Crippen LogP contribution in [-0.4, -0.2) is 34.9 Å². The third-order valence-electron chi connectivity index (χ3n) is 9.28. The summed E-state index contributed by atoms with van der Waals surface area (Å²) in [5.41, 5.74) is 13.8. The summed E-state index contributed by atoms with van der Waals surface area (Å²) in [5, 5.41) is 21.5. The first-order chi connectivity index (χ1) is 22.0. The first-order valence-electron chi connectivity index (χ1n) is 17.3. The summed E-state index contributed by atoms with van der Waals surface area (Å²) in [5.74, 6) is 1.16. The van der Waals surface area contributed by atoms with Gasteiger partial charge in [0.25, 0.3) is 0 Å². The smallest absolute Gasteiger partial charge is 0.0979 e. The fourth-order valence-corrected chi connectivity index (χ4v) is 6.80. The van der Waals surface area contributed by atoms with E-state index in [2.05, 4.69) is 116 Å². The maximum Gasteiger partial charge on any atom is 0.0979 e. The molecule has 2 N–H and O–H groups in total. The minimum Gasteiger partial charge on any atom is -0.396 e. The van der Waals surface area contributed by atoms with Crippen molar-refractivity contribution >= 4 is 33.6 Å². The van der Waals surface area contributed by atoms with Gasteiger partial charge in [0.1, 0.15) is 0 Å². The van der Waals surface area contributed by atoms with Crippen LogP contribution in [0.15, 0.2) is 70.6 Å². The van der Waals surface area contributed by atoms with Crippen molar-refractivity contribution in [3.63, 3.8) is 0 Å². The Kier molecular flexibility index (Phi) is 10.6. The van der Waals surface area contributed by atoms with Crippen LogP contribution in [0, 0.1) is 0 Å². The maximum atomic E-state index is 9.55. The van der Waals surface area contributed by atoms with Gasteiger partial charge in [-0.15, -0.1) is 0 Å². The van der Waals surface area contributed by atoms with E-state index < -0.39 is 0 Å². The quantitative estimate of drug-likeness (QED) is 0.166. The predicted octanol–water partition coefficient (Wildman–Crippen LogP) is 10.4. The topological polar surface area (TPSA) is 65.2 Å². The maximum absolute atomic E-state index is 9.55. The van der Waals surface area contributed by atoms with Gasteiger partial charge in [0.2, 0.25) is 0 Å². The number of aliphatic hydroxyl groups excluding tert-OH is 2. The Balaban J connectivity index is 1.84. The average molecular weight is 617 g/mol. The molecule has 0 unspecified atom stereocenters. The molecule has 0 radical (unpaired) electrons. The van der Waals surface area contributed by atoms with Crippen LogP contribution in [0.3, 0.4) is 0 Å². The second-order valence-corrected chi connectivity index (χ2v) is 14.1.